The highest BCUT2D eigenvalue weighted by Crippen LogP contribution is 2.27. The normalized spacial score (nSPS) is 10.5. The third kappa shape index (κ3) is 3.72. The van der Waals surface area contributed by atoms with Crippen molar-refractivity contribution in [1.82, 2.24) is 9.97 Å². The lowest BCUT2D eigenvalue weighted by molar-refractivity contribution is 0.102. The summed E-state index contributed by atoms with van der Waals surface area (Å²) in [6.45, 7) is 0. The molecule has 3 aromatic rings. The van der Waals surface area contributed by atoms with Crippen LogP contribution < -0.4 is 5.32 Å². The minimum atomic E-state index is -0.209. The van der Waals surface area contributed by atoms with Crippen LogP contribution in [-0.4, -0.2) is 22.1 Å². The minimum Gasteiger partial charge on any atom is -0.298 e. The number of carbonyl (C=O) groups is 1. The van der Waals surface area contributed by atoms with Crippen LogP contribution in [0.1, 0.15) is 10.4 Å². The summed E-state index contributed by atoms with van der Waals surface area (Å²) in [5.74, 6) is -0.209. The number of nitrogens with one attached hydrogen (secondary N) is 1. The Morgan fingerprint density at radius 3 is 2.78 bits per heavy atom. The van der Waals surface area contributed by atoms with Crippen LogP contribution in [0.5, 0.6) is 0 Å². The maximum absolute atomic E-state index is 12.4. The Labute approximate surface area is 146 Å². The van der Waals surface area contributed by atoms with E-state index >= 15 is 0 Å². The van der Waals surface area contributed by atoms with Gasteiger partial charge in [-0.2, -0.15) is 0 Å². The van der Waals surface area contributed by atoms with Gasteiger partial charge in [-0.05, 0) is 30.5 Å². The predicted molar refractivity (Wildman–Crippen MR) is 96.5 cm³/mol. The summed E-state index contributed by atoms with van der Waals surface area (Å²) in [6.07, 6.45) is 3.56. The predicted octanol–water partition coefficient (Wildman–Crippen LogP) is 4.83. The Morgan fingerprint density at radius 1 is 1.26 bits per heavy atom. The molecule has 0 radical (unpaired) electrons. The lowest BCUT2D eigenvalue weighted by Gasteiger charge is -2.05. The Morgan fingerprint density at radius 2 is 2.04 bits per heavy atom. The molecule has 0 saturated heterocycles. The van der Waals surface area contributed by atoms with Crippen LogP contribution >= 0.6 is 34.7 Å². The number of rotatable bonds is 4. The highest BCUT2D eigenvalue weighted by atomic mass is 35.5. The van der Waals surface area contributed by atoms with E-state index in [-0.39, 0.29) is 5.91 Å². The molecule has 0 aliphatic carbocycles. The third-order valence-corrected chi connectivity index (χ3v) is 4.80. The first-order valence-electron chi connectivity index (χ1n) is 6.69. The molecule has 1 N–H and O–H groups in total. The fraction of sp³-hybridized carbons (Fsp3) is 0.0625. The van der Waals surface area contributed by atoms with Crippen molar-refractivity contribution >= 4 is 45.7 Å². The van der Waals surface area contributed by atoms with Gasteiger partial charge in [-0.15, -0.1) is 23.1 Å². The van der Waals surface area contributed by atoms with E-state index in [1.54, 1.807) is 18.3 Å². The number of thioether (sulfide) groups is 1. The molecular formula is C16H12ClN3OS2. The molecule has 116 valence electrons. The molecule has 0 bridgehead atoms. The third-order valence-electron chi connectivity index (χ3n) is 3.07. The monoisotopic (exact) mass is 361 g/mol. The molecule has 23 heavy (non-hydrogen) atoms. The fourth-order valence-corrected chi connectivity index (χ4v) is 3.36. The maximum atomic E-state index is 12.4. The average molecular weight is 362 g/mol. The number of anilines is 1. The second-order valence-electron chi connectivity index (χ2n) is 4.56. The lowest BCUT2D eigenvalue weighted by Crippen LogP contribution is -2.13. The van der Waals surface area contributed by atoms with Crippen molar-refractivity contribution in [2.24, 2.45) is 0 Å². The molecule has 1 amide bonds. The molecule has 0 unspecified atom stereocenters. The summed E-state index contributed by atoms with van der Waals surface area (Å²) in [7, 11) is 0. The standard InChI is InChI=1S/C16H12ClN3OS2/c1-22-15-12(3-2-8-18-15)14(21)20-16-19-13(9-23-16)10-4-6-11(17)7-5-10/h2-9H,1H3,(H,19,20,21). The van der Waals surface area contributed by atoms with E-state index in [0.717, 1.165) is 11.3 Å². The number of thiazole rings is 1. The Hall–Kier alpha value is -1.89. The molecule has 7 heteroatoms. The highest BCUT2D eigenvalue weighted by Gasteiger charge is 2.14. The quantitative estimate of drug-likeness (QED) is 0.676. The second kappa shape index (κ2) is 7.12. The van der Waals surface area contributed by atoms with Crippen LogP contribution in [0.25, 0.3) is 11.3 Å². The van der Waals surface area contributed by atoms with E-state index in [0.29, 0.717) is 20.7 Å². The van der Waals surface area contributed by atoms with E-state index in [2.05, 4.69) is 15.3 Å². The topological polar surface area (TPSA) is 54.9 Å². The molecule has 0 fully saturated rings. The van der Waals surface area contributed by atoms with Crippen LogP contribution in [0.2, 0.25) is 5.02 Å². The number of amides is 1. The molecule has 4 nitrogen and oxygen atoms in total. The van der Waals surface area contributed by atoms with Gasteiger partial charge in [0.05, 0.1) is 11.3 Å². The number of pyridine rings is 1. The summed E-state index contributed by atoms with van der Waals surface area (Å²) in [5, 5.41) is 6.65. The summed E-state index contributed by atoms with van der Waals surface area (Å²) >= 11 is 8.70. The maximum Gasteiger partial charge on any atom is 0.260 e. The lowest BCUT2D eigenvalue weighted by atomic mass is 10.2. The zero-order valence-electron chi connectivity index (χ0n) is 12.1. The van der Waals surface area contributed by atoms with Gasteiger partial charge >= 0.3 is 0 Å². The molecule has 0 aliphatic rings. The minimum absolute atomic E-state index is 0.209. The molecule has 0 atom stereocenters. The first kappa shape index (κ1) is 16.0. The highest BCUT2D eigenvalue weighted by molar-refractivity contribution is 7.98. The van der Waals surface area contributed by atoms with E-state index in [9.17, 15) is 4.79 Å². The van der Waals surface area contributed by atoms with Gasteiger partial charge in [-0.25, -0.2) is 9.97 Å². The number of aromatic nitrogens is 2. The van der Waals surface area contributed by atoms with Crippen LogP contribution in [0.15, 0.2) is 53.0 Å². The molecule has 0 aliphatic heterocycles. The Kier molecular flexibility index (Phi) is 4.95. The molecule has 1 aromatic carbocycles. The van der Waals surface area contributed by atoms with Gasteiger partial charge in [0.25, 0.3) is 5.91 Å². The van der Waals surface area contributed by atoms with Crippen molar-refractivity contribution in [3.63, 3.8) is 0 Å². The van der Waals surface area contributed by atoms with E-state index in [1.807, 2.05) is 35.9 Å². The van der Waals surface area contributed by atoms with Crippen LogP contribution in [-0.2, 0) is 0 Å². The zero-order valence-corrected chi connectivity index (χ0v) is 14.5. The van der Waals surface area contributed by atoms with Crippen molar-refractivity contribution in [3.05, 3.63) is 58.6 Å². The van der Waals surface area contributed by atoms with Gasteiger partial charge in [0.2, 0.25) is 0 Å². The number of nitrogens with zero attached hydrogens (tertiary/aromatic N) is 2. The number of carbonyl (C=O) groups excluding carboxylic acids is 1. The first-order valence-corrected chi connectivity index (χ1v) is 9.17. The molecule has 0 spiro atoms. The second-order valence-corrected chi connectivity index (χ2v) is 6.65. The van der Waals surface area contributed by atoms with Crippen molar-refractivity contribution < 1.29 is 4.79 Å². The SMILES string of the molecule is CSc1ncccc1C(=O)Nc1nc(-c2ccc(Cl)cc2)cs1. The van der Waals surface area contributed by atoms with Gasteiger partial charge in [-0.3, -0.25) is 10.1 Å². The van der Waals surface area contributed by atoms with Gasteiger partial charge < -0.3 is 0 Å². The molecule has 0 saturated carbocycles. The van der Waals surface area contributed by atoms with Gasteiger partial charge in [0, 0.05) is 22.2 Å². The van der Waals surface area contributed by atoms with Crippen molar-refractivity contribution in [2.75, 3.05) is 11.6 Å². The Bertz CT molecular complexity index is 833. The van der Waals surface area contributed by atoms with Crippen LogP contribution in [0.4, 0.5) is 5.13 Å². The summed E-state index contributed by atoms with van der Waals surface area (Å²) in [4.78, 5) is 21.0. The molecule has 2 aromatic heterocycles. The zero-order chi connectivity index (χ0) is 16.2. The number of hydrogen-bond acceptors (Lipinski definition) is 5. The van der Waals surface area contributed by atoms with E-state index in [4.69, 9.17) is 11.6 Å². The van der Waals surface area contributed by atoms with E-state index < -0.39 is 0 Å². The molecule has 3 rings (SSSR count). The molecular weight excluding hydrogens is 350 g/mol. The van der Waals surface area contributed by atoms with Crippen molar-refractivity contribution in [2.45, 2.75) is 5.03 Å². The van der Waals surface area contributed by atoms with Crippen LogP contribution in [0, 0.1) is 0 Å². The van der Waals surface area contributed by atoms with Crippen LogP contribution in [0.3, 0.4) is 0 Å². The first-order chi connectivity index (χ1) is 11.2. The average Bonchev–Trinajstić information content (AvgIpc) is 3.04. The van der Waals surface area contributed by atoms with Gasteiger partial charge in [-0.1, -0.05) is 23.7 Å². The number of benzene rings is 1. The summed E-state index contributed by atoms with van der Waals surface area (Å²) < 4.78 is 0. The molecule has 2 heterocycles. The van der Waals surface area contributed by atoms with E-state index in [1.165, 1.54) is 23.1 Å². The number of halogens is 1. The smallest absolute Gasteiger partial charge is 0.260 e. The summed E-state index contributed by atoms with van der Waals surface area (Å²) in [6, 6.07) is 10.9. The fourth-order valence-electron chi connectivity index (χ4n) is 1.98. The summed E-state index contributed by atoms with van der Waals surface area (Å²) in [5.41, 5.74) is 2.30. The number of hydrogen-bond donors (Lipinski definition) is 1. The van der Waals surface area contributed by atoms with Crippen molar-refractivity contribution in [3.8, 4) is 11.3 Å². The Balaban J connectivity index is 1.79. The van der Waals surface area contributed by atoms with Gasteiger partial charge in [0.15, 0.2) is 5.13 Å². The largest absolute Gasteiger partial charge is 0.298 e. The van der Waals surface area contributed by atoms with Gasteiger partial charge in [0.1, 0.15) is 5.03 Å². The van der Waals surface area contributed by atoms with Crippen molar-refractivity contribution in [1.29, 1.82) is 0 Å².